The van der Waals surface area contributed by atoms with E-state index in [9.17, 15) is 43.3 Å². The Kier molecular flexibility index (Phi) is 7.05. The van der Waals surface area contributed by atoms with Crippen LogP contribution in [0.3, 0.4) is 0 Å². The number of rotatable bonds is 8. The Bertz CT molecular complexity index is 1600. The van der Waals surface area contributed by atoms with E-state index in [1.54, 1.807) is 0 Å². The predicted octanol–water partition coefficient (Wildman–Crippen LogP) is -0.606. The highest BCUT2D eigenvalue weighted by atomic mass is 32.2. The van der Waals surface area contributed by atoms with Crippen LogP contribution in [0.25, 0.3) is 0 Å². The van der Waals surface area contributed by atoms with Gasteiger partial charge in [-0.25, -0.2) is 16.8 Å². The van der Waals surface area contributed by atoms with Crippen LogP contribution in [0.15, 0.2) is 46.2 Å². The fraction of sp³-hybridized carbons (Fsp3) is 0.222. The molecule has 0 amide bonds. The maximum absolute atomic E-state index is 13.4. The van der Waals surface area contributed by atoms with Gasteiger partial charge >= 0.3 is 0 Å². The van der Waals surface area contributed by atoms with Crippen molar-refractivity contribution in [2.75, 3.05) is 25.8 Å². The van der Waals surface area contributed by atoms with Crippen LogP contribution in [0.1, 0.15) is 31.8 Å². The van der Waals surface area contributed by atoms with Gasteiger partial charge in [0.1, 0.15) is 11.8 Å². The molecule has 0 unspecified atom stereocenters. The molecule has 0 aliphatic heterocycles. The number of sulfonamides is 2. The predicted molar refractivity (Wildman–Crippen MR) is 122 cm³/mol. The minimum atomic E-state index is -4.79. The molecule has 0 bridgehead atoms. The molecule has 2 aromatic carbocycles. The quantitative estimate of drug-likeness (QED) is 0.318. The SMILES string of the molecule is CN(CS(=O)(=O)O)S(=O)(=O)c1cccc2c1C(=O)c1cccc(S(=O)(=O)N(C)CS(=O)(=O)O)c1C2=O. The van der Waals surface area contributed by atoms with Gasteiger partial charge in [0.05, 0.1) is 20.9 Å². The number of nitrogens with zero attached hydrogens (tertiary/aromatic N) is 2. The van der Waals surface area contributed by atoms with Crippen LogP contribution in [-0.2, 0) is 40.3 Å². The topological polar surface area (TPSA) is 218 Å². The highest BCUT2D eigenvalue weighted by molar-refractivity contribution is 7.91. The Morgan fingerprint density at radius 2 is 0.917 bits per heavy atom. The Labute approximate surface area is 206 Å². The van der Waals surface area contributed by atoms with Crippen LogP contribution in [0.2, 0.25) is 0 Å². The highest BCUT2D eigenvalue weighted by Gasteiger charge is 2.40. The molecule has 1 aliphatic rings. The Morgan fingerprint density at radius 3 is 1.19 bits per heavy atom. The van der Waals surface area contributed by atoms with E-state index >= 15 is 0 Å². The number of fused-ring (bicyclic) bond motifs is 2. The Hall–Kier alpha value is -2.58. The first-order valence-corrected chi connectivity index (χ1v) is 15.6. The van der Waals surface area contributed by atoms with Crippen molar-refractivity contribution in [3.63, 3.8) is 0 Å². The summed E-state index contributed by atoms with van der Waals surface area (Å²) in [6, 6.07) is 6.14. The molecule has 3 rings (SSSR count). The molecular weight excluding hydrogens is 564 g/mol. The fourth-order valence-corrected chi connectivity index (χ4v) is 8.46. The first-order chi connectivity index (χ1) is 16.3. The molecule has 0 spiro atoms. The molecule has 36 heavy (non-hydrogen) atoms. The van der Waals surface area contributed by atoms with Crippen molar-refractivity contribution in [1.29, 1.82) is 0 Å². The molecule has 18 heteroatoms. The molecule has 0 aromatic heterocycles. The lowest BCUT2D eigenvalue weighted by molar-refractivity contribution is 0.0974. The summed E-state index contributed by atoms with van der Waals surface area (Å²) in [4.78, 5) is 25.2. The van der Waals surface area contributed by atoms with Crippen molar-refractivity contribution in [3.05, 3.63) is 58.7 Å². The van der Waals surface area contributed by atoms with Gasteiger partial charge in [0.25, 0.3) is 20.2 Å². The first kappa shape index (κ1) is 28.0. The fourth-order valence-electron chi connectivity index (χ4n) is 3.54. The highest BCUT2D eigenvalue weighted by Crippen LogP contribution is 2.36. The molecular formula is C18H18N2O12S4. The van der Waals surface area contributed by atoms with Gasteiger partial charge in [-0.15, -0.1) is 0 Å². The maximum atomic E-state index is 13.4. The second-order valence-corrected chi connectivity index (χ2v) is 14.5. The Balaban J connectivity index is 2.24. The second kappa shape index (κ2) is 9.06. The van der Waals surface area contributed by atoms with Crippen LogP contribution in [0, 0.1) is 0 Å². The van der Waals surface area contributed by atoms with Gasteiger partial charge in [0.2, 0.25) is 20.0 Å². The third kappa shape index (κ3) is 5.11. The first-order valence-electron chi connectivity index (χ1n) is 9.47. The molecule has 0 radical (unpaired) electrons. The van der Waals surface area contributed by atoms with E-state index in [2.05, 4.69) is 0 Å². The van der Waals surface area contributed by atoms with E-state index in [0.717, 1.165) is 50.5 Å². The van der Waals surface area contributed by atoms with Crippen LogP contribution in [0.5, 0.6) is 0 Å². The standard InChI is InChI=1S/C18H18N2O12S4/c1-19(9-33(23,24)25)35(29,30)13-7-3-5-11-15(13)17(21)12-6-4-8-14(16(12)18(11)22)36(31,32)20(2)10-34(26,27)28/h3-8H,9-10H2,1-2H3,(H,23,24,25)(H,26,27,28). The third-order valence-corrected chi connectivity index (χ3v) is 10.5. The smallest absolute Gasteiger partial charge is 0.279 e. The zero-order valence-corrected chi connectivity index (χ0v) is 21.6. The lowest BCUT2D eigenvalue weighted by atomic mass is 9.84. The van der Waals surface area contributed by atoms with E-state index < -0.39 is 95.6 Å². The minimum absolute atomic E-state index is 0.246. The minimum Gasteiger partial charge on any atom is -0.289 e. The molecule has 0 saturated carbocycles. The molecule has 1 aliphatic carbocycles. The van der Waals surface area contributed by atoms with E-state index in [4.69, 9.17) is 9.11 Å². The number of benzene rings is 2. The van der Waals surface area contributed by atoms with Crippen molar-refractivity contribution >= 4 is 51.8 Å². The van der Waals surface area contributed by atoms with E-state index in [1.807, 2.05) is 0 Å². The number of ketones is 2. The van der Waals surface area contributed by atoms with Crippen LogP contribution < -0.4 is 0 Å². The van der Waals surface area contributed by atoms with E-state index in [-0.39, 0.29) is 8.61 Å². The average Bonchev–Trinajstić information content (AvgIpc) is 2.74. The second-order valence-electron chi connectivity index (χ2n) is 7.64. The summed E-state index contributed by atoms with van der Waals surface area (Å²) in [7, 11) is -17.4. The van der Waals surface area contributed by atoms with Crippen molar-refractivity contribution in [2.24, 2.45) is 0 Å². The molecule has 0 fully saturated rings. The van der Waals surface area contributed by atoms with Gasteiger partial charge in [-0.1, -0.05) is 24.3 Å². The van der Waals surface area contributed by atoms with Gasteiger partial charge < -0.3 is 0 Å². The van der Waals surface area contributed by atoms with Crippen LogP contribution >= 0.6 is 0 Å². The van der Waals surface area contributed by atoms with Crippen molar-refractivity contribution < 1.29 is 52.4 Å². The monoisotopic (exact) mass is 582 g/mol. The summed E-state index contributed by atoms with van der Waals surface area (Å²) in [5.41, 5.74) is -2.29. The molecule has 0 atom stereocenters. The molecule has 0 saturated heterocycles. The van der Waals surface area contributed by atoms with Gasteiger partial charge in [-0.3, -0.25) is 18.7 Å². The third-order valence-electron chi connectivity index (χ3n) is 5.06. The lowest BCUT2D eigenvalue weighted by Gasteiger charge is -2.25. The van der Waals surface area contributed by atoms with Crippen LogP contribution in [0.4, 0.5) is 0 Å². The number of hydrogen-bond acceptors (Lipinski definition) is 10. The summed E-state index contributed by atoms with van der Waals surface area (Å²) in [6.45, 7) is 0. The molecule has 2 N–H and O–H groups in total. The normalized spacial score (nSPS) is 14.7. The average molecular weight is 583 g/mol. The van der Waals surface area contributed by atoms with Gasteiger partial charge in [-0.05, 0) is 12.1 Å². The van der Waals surface area contributed by atoms with Crippen LogP contribution in [-0.4, -0.2) is 88.8 Å². The van der Waals surface area contributed by atoms with Crippen molar-refractivity contribution in [1.82, 2.24) is 8.61 Å². The number of hydrogen-bond donors (Lipinski definition) is 2. The summed E-state index contributed by atoms with van der Waals surface area (Å²) in [6.07, 6.45) is 0. The summed E-state index contributed by atoms with van der Waals surface area (Å²) in [5, 5.41) is 0. The lowest BCUT2D eigenvalue weighted by Crippen LogP contribution is -2.35. The number of carbonyl (C=O) groups is 2. The zero-order chi connectivity index (χ0) is 27.4. The largest absolute Gasteiger partial charge is 0.289 e. The van der Waals surface area contributed by atoms with E-state index in [1.165, 1.54) is 0 Å². The van der Waals surface area contributed by atoms with Gasteiger partial charge in [0, 0.05) is 25.2 Å². The van der Waals surface area contributed by atoms with Gasteiger partial charge in [-0.2, -0.15) is 25.4 Å². The maximum Gasteiger partial charge on any atom is 0.279 e. The van der Waals surface area contributed by atoms with Crippen molar-refractivity contribution in [2.45, 2.75) is 9.79 Å². The summed E-state index contributed by atoms with van der Waals surface area (Å²) in [5.74, 6) is -4.84. The van der Waals surface area contributed by atoms with Crippen molar-refractivity contribution in [3.8, 4) is 0 Å². The van der Waals surface area contributed by atoms with Gasteiger partial charge in [0.15, 0.2) is 11.6 Å². The Morgan fingerprint density at radius 1 is 0.611 bits per heavy atom. The molecule has 196 valence electrons. The number of carbonyl (C=O) groups excluding carboxylic acids is 2. The molecule has 2 aromatic rings. The molecule has 14 nitrogen and oxygen atoms in total. The summed E-state index contributed by atoms with van der Waals surface area (Å²) < 4.78 is 115. The molecule has 0 heterocycles. The zero-order valence-electron chi connectivity index (χ0n) is 18.4. The van der Waals surface area contributed by atoms with E-state index in [0.29, 0.717) is 0 Å². The summed E-state index contributed by atoms with van der Waals surface area (Å²) >= 11 is 0.